The minimum atomic E-state index is -4.69. The molecule has 1 aliphatic rings. The molecule has 1 saturated carbocycles. The molecule has 0 aliphatic heterocycles. The van der Waals surface area contributed by atoms with E-state index in [-0.39, 0.29) is 40.6 Å². The summed E-state index contributed by atoms with van der Waals surface area (Å²) in [7, 11) is -1.86. The number of aliphatic hydroxyl groups is 1. The summed E-state index contributed by atoms with van der Waals surface area (Å²) < 4.78 is 73.7. The molecule has 0 saturated heterocycles. The zero-order chi connectivity index (χ0) is 30.7. The molecule has 2 N–H and O–H groups in total. The summed E-state index contributed by atoms with van der Waals surface area (Å²) in [4.78, 5) is 22.3. The molecule has 1 aromatic carbocycles. The molecule has 0 bridgehead atoms. The molecule has 9 nitrogen and oxygen atoms in total. The van der Waals surface area contributed by atoms with Gasteiger partial charge < -0.3 is 19.7 Å². The number of carbonyl (C=O) groups excluding carboxylic acids is 1. The summed E-state index contributed by atoms with van der Waals surface area (Å²) in [5.74, 6) is -0.113. The maximum absolute atomic E-state index is 14.1. The van der Waals surface area contributed by atoms with E-state index in [9.17, 15) is 31.5 Å². The molecular formula is C29H35F3N4O5S. The fourth-order valence-electron chi connectivity index (χ4n) is 5.68. The van der Waals surface area contributed by atoms with Gasteiger partial charge in [-0.3, -0.25) is 9.78 Å². The van der Waals surface area contributed by atoms with Crippen LogP contribution in [0.15, 0.2) is 41.4 Å². The predicted molar refractivity (Wildman–Crippen MR) is 149 cm³/mol. The van der Waals surface area contributed by atoms with Gasteiger partial charge in [0.05, 0.1) is 47.1 Å². The number of hydrogen-bond donors (Lipinski definition) is 2. The van der Waals surface area contributed by atoms with E-state index >= 15 is 0 Å². The lowest BCUT2D eigenvalue weighted by Crippen LogP contribution is -2.32. The highest BCUT2D eigenvalue weighted by molar-refractivity contribution is 7.91. The molecule has 2 heterocycles. The van der Waals surface area contributed by atoms with Crippen LogP contribution < -0.4 is 5.32 Å². The third-order valence-corrected chi connectivity index (χ3v) is 9.60. The Morgan fingerprint density at radius 1 is 1.17 bits per heavy atom. The summed E-state index contributed by atoms with van der Waals surface area (Å²) in [6.45, 7) is 2.50. The second-order valence-corrected chi connectivity index (χ2v) is 12.8. The molecule has 42 heavy (non-hydrogen) atoms. The van der Waals surface area contributed by atoms with Gasteiger partial charge in [0, 0.05) is 25.5 Å². The molecule has 1 fully saturated rings. The van der Waals surface area contributed by atoms with Crippen LogP contribution in [-0.2, 0) is 45.9 Å². The number of nitrogens with zero attached hydrogens (tertiary/aromatic N) is 3. The first-order valence-electron chi connectivity index (χ1n) is 13.7. The molecule has 0 atom stereocenters. The maximum Gasteiger partial charge on any atom is 0.417 e. The number of alkyl halides is 3. The second kappa shape index (κ2) is 12.5. The third kappa shape index (κ3) is 6.37. The molecule has 0 spiro atoms. The van der Waals surface area contributed by atoms with Gasteiger partial charge in [0.1, 0.15) is 11.5 Å². The number of nitrogens with one attached hydrogen (secondary N) is 1. The number of ether oxygens (including phenoxy) is 1. The van der Waals surface area contributed by atoms with E-state index in [4.69, 9.17) is 9.72 Å². The average molecular weight is 609 g/mol. The number of sulfone groups is 1. The summed E-state index contributed by atoms with van der Waals surface area (Å²) in [5, 5.41) is 12.4. The van der Waals surface area contributed by atoms with Gasteiger partial charge >= 0.3 is 6.18 Å². The van der Waals surface area contributed by atoms with Crippen molar-refractivity contribution in [1.82, 2.24) is 19.9 Å². The van der Waals surface area contributed by atoms with Crippen LogP contribution in [-0.4, -0.2) is 53.4 Å². The van der Waals surface area contributed by atoms with Crippen molar-refractivity contribution in [2.24, 2.45) is 0 Å². The summed E-state index contributed by atoms with van der Waals surface area (Å²) in [6.07, 6.45) is -0.262. The van der Waals surface area contributed by atoms with Crippen LogP contribution in [0.5, 0.6) is 0 Å². The van der Waals surface area contributed by atoms with Crippen molar-refractivity contribution in [1.29, 1.82) is 0 Å². The molecule has 4 rings (SSSR count). The Hall–Kier alpha value is -3.29. The number of amides is 1. The lowest BCUT2D eigenvalue weighted by Gasteiger charge is -2.29. The number of benzene rings is 1. The Balaban J connectivity index is 1.71. The SMILES string of the molecule is CCS(=O)(=O)c1ccc(CNC(=O)c2nc(C3(COC)CCCC3)n(Cc3cccc(CO)c3C(F)(F)F)c2C)nc1. The minimum absolute atomic E-state index is 0.00704. The lowest BCUT2D eigenvalue weighted by atomic mass is 9.86. The second-order valence-electron chi connectivity index (χ2n) is 10.6. The predicted octanol–water partition coefficient (Wildman–Crippen LogP) is 4.33. The molecule has 3 aromatic rings. The number of hydrogen-bond acceptors (Lipinski definition) is 7. The summed E-state index contributed by atoms with van der Waals surface area (Å²) in [6, 6.07) is 7.03. The first kappa shape index (κ1) is 31.6. The van der Waals surface area contributed by atoms with E-state index in [1.54, 1.807) is 18.6 Å². The van der Waals surface area contributed by atoms with Crippen molar-refractivity contribution < 1.29 is 36.2 Å². The van der Waals surface area contributed by atoms with Gasteiger partial charge in [-0.25, -0.2) is 13.4 Å². The first-order valence-corrected chi connectivity index (χ1v) is 15.3. The topological polar surface area (TPSA) is 123 Å². The van der Waals surface area contributed by atoms with Crippen molar-refractivity contribution in [3.05, 3.63) is 76.1 Å². The van der Waals surface area contributed by atoms with Crippen molar-refractivity contribution in [2.45, 2.75) is 75.7 Å². The number of rotatable bonds is 11. The quantitative estimate of drug-likeness (QED) is 0.332. The van der Waals surface area contributed by atoms with Crippen LogP contribution in [0.4, 0.5) is 13.2 Å². The van der Waals surface area contributed by atoms with Crippen LogP contribution in [0.25, 0.3) is 0 Å². The molecule has 1 aliphatic carbocycles. The number of pyridine rings is 1. The van der Waals surface area contributed by atoms with Crippen LogP contribution in [0, 0.1) is 6.92 Å². The third-order valence-electron chi connectivity index (χ3n) is 7.88. The molecule has 0 radical (unpaired) electrons. The zero-order valence-corrected chi connectivity index (χ0v) is 24.6. The number of aromatic nitrogens is 3. The van der Waals surface area contributed by atoms with Crippen LogP contribution >= 0.6 is 0 Å². The largest absolute Gasteiger partial charge is 0.417 e. The molecule has 2 aromatic heterocycles. The van der Waals surface area contributed by atoms with Gasteiger partial charge in [0.25, 0.3) is 5.91 Å². The summed E-state index contributed by atoms with van der Waals surface area (Å²) in [5.41, 5.74) is -0.848. The normalized spacial score (nSPS) is 15.2. The monoisotopic (exact) mass is 608 g/mol. The fourth-order valence-corrected chi connectivity index (χ4v) is 6.50. The Labute approximate surface area is 243 Å². The molecule has 13 heteroatoms. The summed E-state index contributed by atoms with van der Waals surface area (Å²) >= 11 is 0. The van der Waals surface area contributed by atoms with Crippen LogP contribution in [0.1, 0.15) is 77.0 Å². The molecule has 1 amide bonds. The van der Waals surface area contributed by atoms with E-state index in [0.717, 1.165) is 12.8 Å². The van der Waals surface area contributed by atoms with Crippen molar-refractivity contribution in [3.63, 3.8) is 0 Å². The van der Waals surface area contributed by atoms with Gasteiger partial charge in [-0.15, -0.1) is 0 Å². The number of carbonyl (C=O) groups is 1. The molecular weight excluding hydrogens is 573 g/mol. The Morgan fingerprint density at radius 2 is 1.86 bits per heavy atom. The van der Waals surface area contributed by atoms with Gasteiger partial charge in [-0.2, -0.15) is 13.2 Å². The Bertz CT molecular complexity index is 1530. The number of imidazole rings is 1. The van der Waals surface area contributed by atoms with E-state index in [1.807, 2.05) is 0 Å². The molecule has 0 unspecified atom stereocenters. The highest BCUT2D eigenvalue weighted by Gasteiger charge is 2.42. The Kier molecular flexibility index (Phi) is 9.43. The van der Waals surface area contributed by atoms with Crippen molar-refractivity contribution in [2.75, 3.05) is 19.5 Å². The van der Waals surface area contributed by atoms with Gasteiger partial charge in [-0.05, 0) is 43.0 Å². The molecule has 228 valence electrons. The van der Waals surface area contributed by atoms with E-state index in [0.29, 0.717) is 36.7 Å². The van der Waals surface area contributed by atoms with E-state index in [1.165, 1.54) is 43.5 Å². The number of aliphatic hydroxyl groups excluding tert-OH is 1. The van der Waals surface area contributed by atoms with Gasteiger partial charge in [0.15, 0.2) is 9.84 Å². The van der Waals surface area contributed by atoms with Crippen LogP contribution in [0.2, 0.25) is 0 Å². The van der Waals surface area contributed by atoms with E-state index in [2.05, 4.69) is 10.3 Å². The zero-order valence-electron chi connectivity index (χ0n) is 23.8. The van der Waals surface area contributed by atoms with E-state index < -0.39 is 39.5 Å². The standard InChI is InChI=1S/C29H35F3N4O5S/c1-4-42(39,40)23-11-10-22(33-15-23)14-34-26(38)25-19(2)36(27(35-25)28(18-41-3)12-5-6-13-28)16-20-8-7-9-21(17-37)24(20)29(30,31)32/h7-11,15,37H,4-6,12-14,16-18H2,1-3H3,(H,34,38). The van der Waals surface area contributed by atoms with Gasteiger partial charge in [0.2, 0.25) is 0 Å². The average Bonchev–Trinajstić information content (AvgIpc) is 3.56. The number of methoxy groups -OCH3 is 1. The van der Waals surface area contributed by atoms with Crippen LogP contribution in [0.3, 0.4) is 0 Å². The number of halogens is 3. The highest BCUT2D eigenvalue weighted by Crippen LogP contribution is 2.42. The first-order chi connectivity index (χ1) is 19.9. The lowest BCUT2D eigenvalue weighted by molar-refractivity contribution is -0.139. The van der Waals surface area contributed by atoms with Gasteiger partial charge in [-0.1, -0.05) is 38.0 Å². The minimum Gasteiger partial charge on any atom is -0.392 e. The smallest absolute Gasteiger partial charge is 0.392 e. The van der Waals surface area contributed by atoms with Crippen molar-refractivity contribution in [3.8, 4) is 0 Å². The fraction of sp³-hybridized carbons (Fsp3) is 0.483. The van der Waals surface area contributed by atoms with Crippen molar-refractivity contribution >= 4 is 15.7 Å². The maximum atomic E-state index is 14.1. The highest BCUT2D eigenvalue weighted by atomic mass is 32.2. The Morgan fingerprint density at radius 3 is 2.43 bits per heavy atom.